The second-order valence-corrected chi connectivity index (χ2v) is 4.60. The van der Waals surface area contributed by atoms with Gasteiger partial charge in [-0.15, -0.1) is 0 Å². The molecular weight excluding hydrogens is 219 g/mol. The second kappa shape index (κ2) is 4.73. The van der Waals surface area contributed by atoms with Crippen LogP contribution in [-0.2, 0) is 11.3 Å². The first-order valence-electron chi connectivity index (χ1n) is 5.91. The fourth-order valence-electron chi connectivity index (χ4n) is 2.18. The third-order valence-corrected chi connectivity index (χ3v) is 3.31. The lowest BCUT2D eigenvalue weighted by Crippen LogP contribution is -2.25. The Morgan fingerprint density at radius 1 is 1.53 bits per heavy atom. The maximum absolute atomic E-state index is 13.6. The Kier molecular flexibility index (Phi) is 3.31. The second-order valence-electron chi connectivity index (χ2n) is 4.60. The van der Waals surface area contributed by atoms with Gasteiger partial charge < -0.3 is 10.6 Å². The summed E-state index contributed by atoms with van der Waals surface area (Å²) in [7, 11) is 0. The molecule has 1 atom stereocenters. The first kappa shape index (κ1) is 11.9. The van der Waals surface area contributed by atoms with E-state index in [0.29, 0.717) is 30.1 Å². The average molecular weight is 236 g/mol. The predicted octanol–water partition coefficient (Wildman–Crippen LogP) is 2.17. The summed E-state index contributed by atoms with van der Waals surface area (Å²) in [6.07, 6.45) is 1.58. The zero-order valence-corrected chi connectivity index (χ0v) is 9.95. The minimum atomic E-state index is -0.335. The van der Waals surface area contributed by atoms with Gasteiger partial charge in [-0.2, -0.15) is 0 Å². The number of rotatable bonds is 3. The molecule has 1 aromatic carbocycles. The van der Waals surface area contributed by atoms with Gasteiger partial charge in [0.05, 0.1) is 0 Å². The number of nitrogens with two attached hydrogens (primary N) is 1. The number of carbonyl (C=O) groups is 1. The lowest BCUT2D eigenvalue weighted by Gasteiger charge is -2.17. The van der Waals surface area contributed by atoms with Gasteiger partial charge in [-0.3, -0.25) is 4.79 Å². The van der Waals surface area contributed by atoms with Crippen LogP contribution in [0.25, 0.3) is 0 Å². The van der Waals surface area contributed by atoms with Gasteiger partial charge in [0, 0.05) is 30.8 Å². The Morgan fingerprint density at radius 3 is 2.88 bits per heavy atom. The number of halogens is 1. The Bertz CT molecular complexity index is 433. The summed E-state index contributed by atoms with van der Waals surface area (Å²) in [5, 5.41) is 0. The van der Waals surface area contributed by atoms with E-state index >= 15 is 0 Å². The van der Waals surface area contributed by atoms with Gasteiger partial charge in [-0.25, -0.2) is 4.39 Å². The fraction of sp³-hybridized carbons (Fsp3) is 0.462. The van der Waals surface area contributed by atoms with E-state index in [1.807, 2.05) is 0 Å². The minimum Gasteiger partial charge on any atom is -0.399 e. The molecule has 0 spiro atoms. The molecule has 1 fully saturated rings. The van der Waals surface area contributed by atoms with Gasteiger partial charge in [0.15, 0.2) is 0 Å². The van der Waals surface area contributed by atoms with E-state index in [-0.39, 0.29) is 11.7 Å². The number of benzene rings is 1. The molecule has 3 nitrogen and oxygen atoms in total. The van der Waals surface area contributed by atoms with Crippen LogP contribution in [0.1, 0.15) is 25.3 Å². The first-order chi connectivity index (χ1) is 8.10. The number of nitrogen functional groups attached to an aromatic ring is 1. The van der Waals surface area contributed by atoms with E-state index < -0.39 is 0 Å². The number of amides is 1. The van der Waals surface area contributed by atoms with E-state index in [9.17, 15) is 9.18 Å². The van der Waals surface area contributed by atoms with Crippen molar-refractivity contribution in [3.63, 3.8) is 0 Å². The van der Waals surface area contributed by atoms with Crippen LogP contribution in [0.2, 0.25) is 0 Å². The molecule has 17 heavy (non-hydrogen) atoms. The van der Waals surface area contributed by atoms with Crippen molar-refractivity contribution in [3.8, 4) is 0 Å². The van der Waals surface area contributed by atoms with Crippen molar-refractivity contribution in [1.82, 2.24) is 4.90 Å². The highest BCUT2D eigenvalue weighted by molar-refractivity contribution is 5.78. The molecule has 92 valence electrons. The largest absolute Gasteiger partial charge is 0.399 e. The maximum Gasteiger partial charge on any atom is 0.223 e. The zero-order chi connectivity index (χ0) is 12.4. The standard InChI is InChI=1S/C13H17FN2O/c1-2-9-5-13(17)16(7-9)8-10-3-4-11(15)6-12(10)14/h3-4,6,9H,2,5,7-8,15H2,1H3. The van der Waals surface area contributed by atoms with E-state index in [2.05, 4.69) is 6.92 Å². The summed E-state index contributed by atoms with van der Waals surface area (Å²) in [5.41, 5.74) is 6.43. The van der Waals surface area contributed by atoms with E-state index in [1.165, 1.54) is 6.07 Å². The third-order valence-electron chi connectivity index (χ3n) is 3.31. The fourth-order valence-corrected chi connectivity index (χ4v) is 2.18. The normalized spacial score (nSPS) is 20.0. The molecule has 0 radical (unpaired) electrons. The summed E-state index contributed by atoms with van der Waals surface area (Å²) in [6.45, 7) is 3.16. The van der Waals surface area contributed by atoms with Crippen molar-refractivity contribution in [2.45, 2.75) is 26.3 Å². The van der Waals surface area contributed by atoms with Crippen molar-refractivity contribution < 1.29 is 9.18 Å². The topological polar surface area (TPSA) is 46.3 Å². The van der Waals surface area contributed by atoms with Crippen LogP contribution in [0.3, 0.4) is 0 Å². The molecule has 1 saturated heterocycles. The molecule has 1 unspecified atom stereocenters. The molecule has 2 rings (SSSR count). The predicted molar refractivity (Wildman–Crippen MR) is 64.6 cm³/mol. The highest BCUT2D eigenvalue weighted by Gasteiger charge is 2.28. The van der Waals surface area contributed by atoms with Crippen molar-refractivity contribution in [3.05, 3.63) is 29.6 Å². The van der Waals surface area contributed by atoms with Gasteiger partial charge in [0.2, 0.25) is 5.91 Å². The van der Waals surface area contributed by atoms with Crippen molar-refractivity contribution >= 4 is 11.6 Å². The molecule has 2 N–H and O–H groups in total. The summed E-state index contributed by atoms with van der Waals surface area (Å²) >= 11 is 0. The van der Waals surface area contributed by atoms with Crippen LogP contribution >= 0.6 is 0 Å². The van der Waals surface area contributed by atoms with Gasteiger partial charge in [0.25, 0.3) is 0 Å². The van der Waals surface area contributed by atoms with E-state index in [0.717, 1.165) is 13.0 Å². The molecule has 1 heterocycles. The minimum absolute atomic E-state index is 0.119. The summed E-state index contributed by atoms with van der Waals surface area (Å²) in [4.78, 5) is 13.4. The van der Waals surface area contributed by atoms with E-state index in [1.54, 1.807) is 17.0 Å². The lowest BCUT2D eigenvalue weighted by molar-refractivity contribution is -0.128. The number of anilines is 1. The average Bonchev–Trinajstić information content (AvgIpc) is 2.64. The summed E-state index contributed by atoms with van der Waals surface area (Å²) in [6, 6.07) is 4.61. The molecule has 1 aliphatic heterocycles. The summed E-state index contributed by atoms with van der Waals surface area (Å²) in [5.74, 6) is 0.199. The van der Waals surface area contributed by atoms with Crippen molar-refractivity contribution in [2.75, 3.05) is 12.3 Å². The van der Waals surface area contributed by atoms with Gasteiger partial charge in [0.1, 0.15) is 5.82 Å². The number of carbonyl (C=O) groups excluding carboxylic acids is 1. The molecule has 0 bridgehead atoms. The Balaban J connectivity index is 2.08. The summed E-state index contributed by atoms with van der Waals surface area (Å²) < 4.78 is 13.6. The number of hydrogen-bond donors (Lipinski definition) is 1. The Morgan fingerprint density at radius 2 is 2.29 bits per heavy atom. The Hall–Kier alpha value is -1.58. The number of nitrogens with zero attached hydrogens (tertiary/aromatic N) is 1. The van der Waals surface area contributed by atoms with Crippen molar-refractivity contribution in [1.29, 1.82) is 0 Å². The molecule has 1 aromatic rings. The van der Waals surface area contributed by atoms with Crippen LogP contribution in [0.4, 0.5) is 10.1 Å². The molecule has 1 aliphatic rings. The number of hydrogen-bond acceptors (Lipinski definition) is 2. The van der Waals surface area contributed by atoms with Crippen LogP contribution < -0.4 is 5.73 Å². The lowest BCUT2D eigenvalue weighted by atomic mass is 10.1. The van der Waals surface area contributed by atoms with Crippen molar-refractivity contribution in [2.24, 2.45) is 5.92 Å². The van der Waals surface area contributed by atoms with Crippen LogP contribution in [0, 0.1) is 11.7 Å². The first-order valence-corrected chi connectivity index (χ1v) is 5.91. The molecule has 0 aromatic heterocycles. The quantitative estimate of drug-likeness (QED) is 0.817. The molecule has 1 amide bonds. The highest BCUT2D eigenvalue weighted by atomic mass is 19.1. The molecule has 0 aliphatic carbocycles. The highest BCUT2D eigenvalue weighted by Crippen LogP contribution is 2.23. The monoisotopic (exact) mass is 236 g/mol. The van der Waals surface area contributed by atoms with Gasteiger partial charge >= 0.3 is 0 Å². The Labute approximate surface area is 100 Å². The SMILES string of the molecule is CCC1CC(=O)N(Cc2ccc(N)cc2F)C1. The van der Waals surface area contributed by atoms with Crippen LogP contribution in [0.15, 0.2) is 18.2 Å². The van der Waals surface area contributed by atoms with E-state index in [4.69, 9.17) is 5.73 Å². The molecule has 0 saturated carbocycles. The molecule has 4 heteroatoms. The van der Waals surface area contributed by atoms with Crippen LogP contribution in [0.5, 0.6) is 0 Å². The van der Waals surface area contributed by atoms with Gasteiger partial charge in [-0.05, 0) is 18.1 Å². The maximum atomic E-state index is 13.6. The molecular formula is C13H17FN2O. The van der Waals surface area contributed by atoms with Gasteiger partial charge in [-0.1, -0.05) is 19.4 Å². The zero-order valence-electron chi connectivity index (χ0n) is 9.95. The smallest absolute Gasteiger partial charge is 0.223 e. The third kappa shape index (κ3) is 2.57. The number of likely N-dealkylation sites (tertiary alicyclic amines) is 1. The van der Waals surface area contributed by atoms with Crippen LogP contribution in [-0.4, -0.2) is 17.4 Å².